The van der Waals surface area contributed by atoms with Gasteiger partial charge in [-0.3, -0.25) is 0 Å². The van der Waals surface area contributed by atoms with Crippen molar-refractivity contribution < 1.29 is 13.2 Å². The number of hydrogen-bond donors (Lipinski definition) is 1. The highest BCUT2D eigenvalue weighted by Gasteiger charge is 2.32. The van der Waals surface area contributed by atoms with Gasteiger partial charge in [0.05, 0.1) is 5.69 Å². The first kappa shape index (κ1) is 17.6. The molecule has 1 aromatic carbocycles. The molecular weight excluding hydrogens is 367 g/mol. The molecule has 0 radical (unpaired) electrons. The quantitative estimate of drug-likeness (QED) is 0.726. The summed E-state index contributed by atoms with van der Waals surface area (Å²) in [4.78, 5) is 3.57. The molecule has 26 heavy (non-hydrogen) atoms. The maximum atomic E-state index is 12.7. The second kappa shape index (κ2) is 6.98. The van der Waals surface area contributed by atoms with Gasteiger partial charge in [0.1, 0.15) is 17.5 Å². The summed E-state index contributed by atoms with van der Waals surface area (Å²) in [6.07, 6.45) is -1.49. The number of pyridine rings is 1. The van der Waals surface area contributed by atoms with Gasteiger partial charge >= 0.3 is 6.18 Å². The van der Waals surface area contributed by atoms with Crippen molar-refractivity contribution in [1.29, 1.82) is 5.26 Å². The summed E-state index contributed by atoms with van der Waals surface area (Å²) in [5.41, 5.74) is 0.870. The number of H-pyrrole nitrogens is 1. The van der Waals surface area contributed by atoms with Crippen molar-refractivity contribution in [2.24, 2.45) is 0 Å². The molecule has 0 saturated carbocycles. The van der Waals surface area contributed by atoms with Crippen LogP contribution in [0, 0.1) is 11.3 Å². The molecule has 5 nitrogen and oxygen atoms in total. The van der Waals surface area contributed by atoms with Gasteiger partial charge in [0.15, 0.2) is 5.69 Å². The minimum absolute atomic E-state index is 0.153. The van der Waals surface area contributed by atoms with Crippen LogP contribution in [0.15, 0.2) is 36.4 Å². The summed E-state index contributed by atoms with van der Waals surface area (Å²) in [6.45, 7) is 0. The SMILES string of the molecule is N#Cc1[nH]nnc1-c1cc(Cl)cc(/C=C/c2cccc(C(F)(F)F)n2)c1. The highest BCUT2D eigenvalue weighted by Crippen LogP contribution is 2.28. The first-order chi connectivity index (χ1) is 12.4. The molecule has 0 aliphatic heterocycles. The Labute approximate surface area is 150 Å². The summed E-state index contributed by atoms with van der Waals surface area (Å²) in [5, 5.41) is 19.3. The topological polar surface area (TPSA) is 78.2 Å². The number of halogens is 4. The van der Waals surface area contributed by atoms with Crippen LogP contribution in [0.25, 0.3) is 23.4 Å². The summed E-state index contributed by atoms with van der Waals surface area (Å²) >= 11 is 6.09. The number of hydrogen-bond acceptors (Lipinski definition) is 4. The van der Waals surface area contributed by atoms with Crippen molar-refractivity contribution in [3.05, 3.63) is 64.1 Å². The van der Waals surface area contributed by atoms with Gasteiger partial charge in [0.25, 0.3) is 0 Å². The lowest BCUT2D eigenvalue weighted by Crippen LogP contribution is -2.07. The van der Waals surface area contributed by atoms with Crippen LogP contribution in [0.5, 0.6) is 0 Å². The molecule has 130 valence electrons. The van der Waals surface area contributed by atoms with E-state index in [1.54, 1.807) is 24.3 Å². The molecule has 0 unspecified atom stereocenters. The van der Waals surface area contributed by atoms with E-state index < -0.39 is 11.9 Å². The monoisotopic (exact) mass is 375 g/mol. The number of aromatic nitrogens is 4. The Hall–Kier alpha value is -3.18. The molecule has 0 aliphatic carbocycles. The van der Waals surface area contributed by atoms with Crippen molar-refractivity contribution in [2.45, 2.75) is 6.18 Å². The first-order valence-electron chi connectivity index (χ1n) is 7.21. The van der Waals surface area contributed by atoms with E-state index in [0.717, 1.165) is 6.07 Å². The van der Waals surface area contributed by atoms with Crippen LogP contribution in [0.2, 0.25) is 5.02 Å². The zero-order chi connectivity index (χ0) is 18.7. The lowest BCUT2D eigenvalue weighted by Gasteiger charge is -2.05. The third-order valence-electron chi connectivity index (χ3n) is 3.36. The maximum absolute atomic E-state index is 12.7. The van der Waals surface area contributed by atoms with Crippen molar-refractivity contribution in [1.82, 2.24) is 20.4 Å². The average molecular weight is 376 g/mol. The molecule has 0 saturated heterocycles. The predicted octanol–water partition coefficient (Wildman–Crippen LogP) is 4.58. The van der Waals surface area contributed by atoms with Crippen molar-refractivity contribution in [3.63, 3.8) is 0 Å². The van der Waals surface area contributed by atoms with E-state index in [1.807, 2.05) is 6.07 Å². The average Bonchev–Trinajstić information content (AvgIpc) is 3.08. The largest absolute Gasteiger partial charge is 0.433 e. The second-order valence-electron chi connectivity index (χ2n) is 5.20. The summed E-state index contributed by atoms with van der Waals surface area (Å²) < 4.78 is 38.2. The van der Waals surface area contributed by atoms with Crippen LogP contribution < -0.4 is 0 Å². The van der Waals surface area contributed by atoms with Crippen LogP contribution in [-0.4, -0.2) is 20.4 Å². The molecular formula is C17H9ClF3N5. The van der Waals surface area contributed by atoms with Gasteiger partial charge in [-0.25, -0.2) is 10.1 Å². The zero-order valence-corrected chi connectivity index (χ0v) is 13.7. The van der Waals surface area contributed by atoms with Crippen LogP contribution in [-0.2, 0) is 6.18 Å². The molecule has 0 amide bonds. The number of rotatable bonds is 3. The third-order valence-corrected chi connectivity index (χ3v) is 3.58. The fourth-order valence-electron chi connectivity index (χ4n) is 2.24. The summed E-state index contributed by atoms with van der Waals surface area (Å²) in [7, 11) is 0. The molecule has 3 rings (SSSR count). The zero-order valence-electron chi connectivity index (χ0n) is 12.9. The molecule has 0 aliphatic rings. The van der Waals surface area contributed by atoms with Crippen molar-refractivity contribution in [3.8, 4) is 17.3 Å². The molecule has 2 heterocycles. The molecule has 9 heteroatoms. The fraction of sp³-hybridized carbons (Fsp3) is 0.0588. The molecule has 0 atom stereocenters. The highest BCUT2D eigenvalue weighted by atomic mass is 35.5. The first-order valence-corrected chi connectivity index (χ1v) is 7.59. The van der Waals surface area contributed by atoms with Crippen LogP contribution in [0.4, 0.5) is 13.2 Å². The van der Waals surface area contributed by atoms with Gasteiger partial charge < -0.3 is 0 Å². The normalized spacial score (nSPS) is 11.7. The Balaban J connectivity index is 1.94. The van der Waals surface area contributed by atoms with E-state index in [1.165, 1.54) is 18.2 Å². The van der Waals surface area contributed by atoms with E-state index in [2.05, 4.69) is 20.4 Å². The Kier molecular flexibility index (Phi) is 4.73. The highest BCUT2D eigenvalue weighted by molar-refractivity contribution is 6.31. The molecule has 0 spiro atoms. The Morgan fingerprint density at radius 1 is 1.15 bits per heavy atom. The van der Waals surface area contributed by atoms with Gasteiger partial charge in [0, 0.05) is 10.6 Å². The van der Waals surface area contributed by atoms with Gasteiger partial charge in [-0.1, -0.05) is 29.0 Å². The third kappa shape index (κ3) is 3.90. The summed E-state index contributed by atoms with van der Waals surface area (Å²) in [6, 6.07) is 10.5. The summed E-state index contributed by atoms with van der Waals surface area (Å²) in [5.74, 6) is 0. The van der Waals surface area contributed by atoms with Gasteiger partial charge in [-0.15, -0.1) is 5.10 Å². The maximum Gasteiger partial charge on any atom is 0.433 e. The minimum Gasteiger partial charge on any atom is -0.247 e. The number of benzene rings is 1. The Morgan fingerprint density at radius 3 is 2.69 bits per heavy atom. The lowest BCUT2D eigenvalue weighted by molar-refractivity contribution is -0.141. The number of alkyl halides is 3. The van der Waals surface area contributed by atoms with E-state index in [9.17, 15) is 13.2 Å². The van der Waals surface area contributed by atoms with E-state index in [-0.39, 0.29) is 11.4 Å². The number of nitriles is 1. The smallest absolute Gasteiger partial charge is 0.247 e. The van der Waals surface area contributed by atoms with Crippen molar-refractivity contribution in [2.75, 3.05) is 0 Å². The van der Waals surface area contributed by atoms with Gasteiger partial charge in [-0.05, 0) is 42.0 Å². The molecule has 3 aromatic rings. The molecule has 0 bridgehead atoms. The van der Waals surface area contributed by atoms with E-state index in [0.29, 0.717) is 21.8 Å². The van der Waals surface area contributed by atoms with Crippen LogP contribution in [0.1, 0.15) is 22.6 Å². The Bertz CT molecular complexity index is 1020. The lowest BCUT2D eigenvalue weighted by atomic mass is 10.1. The molecule has 2 aromatic heterocycles. The van der Waals surface area contributed by atoms with Gasteiger partial charge in [-0.2, -0.15) is 18.4 Å². The van der Waals surface area contributed by atoms with Crippen LogP contribution >= 0.6 is 11.6 Å². The minimum atomic E-state index is -4.51. The second-order valence-corrected chi connectivity index (χ2v) is 5.64. The van der Waals surface area contributed by atoms with E-state index >= 15 is 0 Å². The number of aromatic amines is 1. The standard InChI is InChI=1S/C17H9ClF3N5/c18-12-7-10(6-11(8-12)16-14(9-22)24-26-25-16)4-5-13-2-1-3-15(23-13)17(19,20)21/h1-8H,(H,24,25,26)/b5-4+. The molecule has 1 N–H and O–H groups in total. The number of nitrogens with one attached hydrogen (secondary N) is 1. The number of nitrogens with zero attached hydrogens (tertiary/aromatic N) is 4. The fourth-order valence-corrected chi connectivity index (χ4v) is 2.48. The van der Waals surface area contributed by atoms with Crippen LogP contribution in [0.3, 0.4) is 0 Å². The predicted molar refractivity (Wildman–Crippen MR) is 89.7 cm³/mol. The van der Waals surface area contributed by atoms with Crippen molar-refractivity contribution >= 4 is 23.8 Å². The van der Waals surface area contributed by atoms with Gasteiger partial charge in [0.2, 0.25) is 0 Å². The molecule has 0 fully saturated rings. The van der Waals surface area contributed by atoms with E-state index in [4.69, 9.17) is 16.9 Å². The Morgan fingerprint density at radius 2 is 1.96 bits per heavy atom.